The highest BCUT2D eigenvalue weighted by Gasteiger charge is 2.53. The lowest BCUT2D eigenvalue weighted by atomic mass is 9.88. The third kappa shape index (κ3) is 3.95. The Bertz CT molecular complexity index is 1100. The average molecular weight is 443 g/mol. The standard InChI is InChI=1S/C22H22FN3O6/c23-14-7-3-12(4-8-14)16-9-15(25-21(24)26-16)11-1-5-13(6-2-11)22(31)20(30)19(29)18(28)17(10-27)32-22/h1-9,17-20,27-31H,10H2,(H2,24,25,26)/t17-,18-,19-,20-,22-/m1/s1. The van der Waals surface area contributed by atoms with Crippen molar-refractivity contribution in [2.45, 2.75) is 30.2 Å². The van der Waals surface area contributed by atoms with Gasteiger partial charge in [0.25, 0.3) is 0 Å². The van der Waals surface area contributed by atoms with Crippen LogP contribution in [0.2, 0.25) is 0 Å². The Labute approximate surface area is 182 Å². The molecule has 1 aliphatic heterocycles. The van der Waals surface area contributed by atoms with E-state index >= 15 is 0 Å². The van der Waals surface area contributed by atoms with Crippen LogP contribution in [0.25, 0.3) is 22.5 Å². The summed E-state index contributed by atoms with van der Waals surface area (Å²) >= 11 is 0. The fourth-order valence-corrected chi connectivity index (χ4v) is 3.65. The van der Waals surface area contributed by atoms with Gasteiger partial charge in [0.15, 0.2) is 0 Å². The molecule has 10 heteroatoms. The summed E-state index contributed by atoms with van der Waals surface area (Å²) in [5.74, 6) is -2.72. The molecule has 1 saturated heterocycles. The van der Waals surface area contributed by atoms with Gasteiger partial charge in [-0.15, -0.1) is 0 Å². The molecule has 3 aromatic rings. The van der Waals surface area contributed by atoms with Crippen LogP contribution in [0.3, 0.4) is 0 Å². The summed E-state index contributed by atoms with van der Waals surface area (Å²) in [7, 11) is 0. The molecule has 0 radical (unpaired) electrons. The Balaban J connectivity index is 1.66. The van der Waals surface area contributed by atoms with E-state index in [0.29, 0.717) is 22.5 Å². The zero-order valence-corrected chi connectivity index (χ0v) is 16.7. The number of aromatic nitrogens is 2. The van der Waals surface area contributed by atoms with Crippen molar-refractivity contribution in [2.75, 3.05) is 12.3 Å². The molecule has 0 unspecified atom stereocenters. The van der Waals surface area contributed by atoms with E-state index in [9.17, 15) is 29.9 Å². The Kier molecular flexibility index (Phi) is 5.91. The number of benzene rings is 2. The number of hydrogen-bond donors (Lipinski definition) is 6. The van der Waals surface area contributed by atoms with Crippen LogP contribution in [0.4, 0.5) is 10.3 Å². The largest absolute Gasteiger partial charge is 0.394 e. The van der Waals surface area contributed by atoms with E-state index in [4.69, 9.17) is 10.5 Å². The normalized spacial score (nSPS) is 27.9. The molecule has 168 valence electrons. The second-order valence-corrected chi connectivity index (χ2v) is 7.54. The van der Waals surface area contributed by atoms with Gasteiger partial charge >= 0.3 is 0 Å². The zero-order valence-electron chi connectivity index (χ0n) is 16.7. The molecule has 7 N–H and O–H groups in total. The molecule has 1 aromatic heterocycles. The monoisotopic (exact) mass is 443 g/mol. The minimum atomic E-state index is -2.35. The lowest BCUT2D eigenvalue weighted by Gasteiger charge is -2.45. The Morgan fingerprint density at radius 3 is 1.97 bits per heavy atom. The number of halogens is 1. The summed E-state index contributed by atoms with van der Waals surface area (Å²) in [4.78, 5) is 8.39. The molecule has 1 fully saturated rings. The predicted molar refractivity (Wildman–Crippen MR) is 111 cm³/mol. The molecule has 5 atom stereocenters. The van der Waals surface area contributed by atoms with Crippen molar-refractivity contribution < 1.29 is 34.7 Å². The van der Waals surface area contributed by atoms with Gasteiger partial charge in [-0.05, 0) is 30.3 Å². The molecule has 0 spiro atoms. The van der Waals surface area contributed by atoms with Crippen LogP contribution in [-0.2, 0) is 10.5 Å². The predicted octanol–water partition coefficient (Wildman–Crippen LogP) is 0.151. The summed E-state index contributed by atoms with van der Waals surface area (Å²) in [6.07, 6.45) is -6.45. The average Bonchev–Trinajstić information content (AvgIpc) is 2.80. The molecular formula is C22H22FN3O6. The number of nitrogens with zero attached hydrogens (tertiary/aromatic N) is 2. The van der Waals surface area contributed by atoms with Crippen LogP contribution in [0.5, 0.6) is 0 Å². The van der Waals surface area contributed by atoms with Gasteiger partial charge < -0.3 is 36.0 Å². The first-order chi connectivity index (χ1) is 15.2. The second-order valence-electron chi connectivity index (χ2n) is 7.54. The highest BCUT2D eigenvalue weighted by molar-refractivity contribution is 5.69. The van der Waals surface area contributed by atoms with Gasteiger partial charge in [-0.3, -0.25) is 0 Å². The summed E-state index contributed by atoms with van der Waals surface area (Å²) in [6.45, 7) is -0.669. The molecule has 0 bridgehead atoms. The number of nitrogens with two attached hydrogens (primary N) is 1. The first-order valence-corrected chi connectivity index (χ1v) is 9.79. The van der Waals surface area contributed by atoms with Crippen molar-refractivity contribution in [2.24, 2.45) is 0 Å². The van der Waals surface area contributed by atoms with Crippen LogP contribution in [0.15, 0.2) is 54.6 Å². The van der Waals surface area contributed by atoms with Crippen LogP contribution in [0.1, 0.15) is 5.56 Å². The van der Waals surface area contributed by atoms with E-state index in [1.54, 1.807) is 30.3 Å². The van der Waals surface area contributed by atoms with Crippen LogP contribution in [-0.4, -0.2) is 66.5 Å². The Hall–Kier alpha value is -2.99. The summed E-state index contributed by atoms with van der Waals surface area (Å²) in [5, 5.41) is 50.5. The maximum atomic E-state index is 13.2. The van der Waals surface area contributed by atoms with E-state index in [-0.39, 0.29) is 17.3 Å². The summed E-state index contributed by atoms with van der Waals surface area (Å²) in [6, 6.07) is 13.5. The molecule has 0 saturated carbocycles. The molecule has 2 aromatic carbocycles. The molecule has 9 nitrogen and oxygen atoms in total. The van der Waals surface area contributed by atoms with Crippen molar-refractivity contribution in [3.63, 3.8) is 0 Å². The quantitative estimate of drug-likeness (QED) is 0.330. The Morgan fingerprint density at radius 2 is 1.44 bits per heavy atom. The molecule has 0 amide bonds. The van der Waals surface area contributed by atoms with Crippen LogP contribution in [0, 0.1) is 5.82 Å². The first kappa shape index (κ1) is 22.2. The molecular weight excluding hydrogens is 421 g/mol. The number of aliphatic hydroxyl groups excluding tert-OH is 4. The van der Waals surface area contributed by atoms with Gasteiger partial charge in [0.2, 0.25) is 11.7 Å². The molecule has 32 heavy (non-hydrogen) atoms. The highest BCUT2D eigenvalue weighted by atomic mass is 19.1. The second kappa shape index (κ2) is 8.51. The Morgan fingerprint density at radius 1 is 0.906 bits per heavy atom. The minimum absolute atomic E-state index is 0.0125. The minimum Gasteiger partial charge on any atom is -0.394 e. The SMILES string of the molecule is Nc1nc(-c2ccc(F)cc2)cc(-c2ccc([C@@]3(O)O[C@H](CO)[C@@H](O)[C@@H](O)[C@H]3O)cc2)n1. The number of ether oxygens (including phenoxy) is 1. The van der Waals surface area contributed by atoms with Crippen molar-refractivity contribution >= 4 is 5.95 Å². The van der Waals surface area contributed by atoms with Crippen molar-refractivity contribution in [1.82, 2.24) is 9.97 Å². The molecule has 2 heterocycles. The number of hydrogen-bond acceptors (Lipinski definition) is 9. The topological polar surface area (TPSA) is 162 Å². The number of aliphatic hydroxyl groups is 5. The van der Waals surface area contributed by atoms with Gasteiger partial charge in [-0.1, -0.05) is 24.3 Å². The third-order valence-corrected chi connectivity index (χ3v) is 5.44. The fraction of sp³-hybridized carbons (Fsp3) is 0.273. The van der Waals surface area contributed by atoms with Crippen molar-refractivity contribution in [3.05, 3.63) is 66.0 Å². The number of anilines is 1. The van der Waals surface area contributed by atoms with Crippen LogP contribution >= 0.6 is 0 Å². The van der Waals surface area contributed by atoms with Crippen LogP contribution < -0.4 is 5.73 Å². The van der Waals surface area contributed by atoms with Gasteiger partial charge in [0, 0.05) is 16.7 Å². The van der Waals surface area contributed by atoms with Gasteiger partial charge in [0.1, 0.15) is 30.2 Å². The lowest BCUT2D eigenvalue weighted by Crippen LogP contribution is -2.63. The van der Waals surface area contributed by atoms with E-state index in [1.807, 2.05) is 0 Å². The highest BCUT2D eigenvalue weighted by Crippen LogP contribution is 2.37. The van der Waals surface area contributed by atoms with Gasteiger partial charge in [0.05, 0.1) is 18.0 Å². The van der Waals surface area contributed by atoms with E-state index in [1.165, 1.54) is 24.3 Å². The number of nitrogen functional groups attached to an aromatic ring is 1. The van der Waals surface area contributed by atoms with Crippen molar-refractivity contribution in [3.8, 4) is 22.5 Å². The summed E-state index contributed by atoms with van der Waals surface area (Å²) < 4.78 is 18.5. The fourth-order valence-electron chi connectivity index (χ4n) is 3.65. The smallest absolute Gasteiger partial charge is 0.222 e. The summed E-state index contributed by atoms with van der Waals surface area (Å²) in [5.41, 5.74) is 8.14. The van der Waals surface area contributed by atoms with E-state index in [0.717, 1.165) is 0 Å². The zero-order chi connectivity index (χ0) is 23.0. The maximum absolute atomic E-state index is 13.2. The molecule has 4 rings (SSSR count). The van der Waals surface area contributed by atoms with E-state index in [2.05, 4.69) is 9.97 Å². The lowest BCUT2D eigenvalue weighted by molar-refractivity contribution is -0.357. The first-order valence-electron chi connectivity index (χ1n) is 9.79. The third-order valence-electron chi connectivity index (χ3n) is 5.44. The molecule has 0 aliphatic carbocycles. The maximum Gasteiger partial charge on any atom is 0.222 e. The van der Waals surface area contributed by atoms with Crippen molar-refractivity contribution in [1.29, 1.82) is 0 Å². The number of rotatable bonds is 4. The van der Waals surface area contributed by atoms with E-state index < -0.39 is 36.8 Å². The molecule has 1 aliphatic rings. The van der Waals surface area contributed by atoms with Gasteiger partial charge in [-0.25, -0.2) is 14.4 Å². The van der Waals surface area contributed by atoms with Gasteiger partial charge in [-0.2, -0.15) is 0 Å².